The predicted octanol–water partition coefficient (Wildman–Crippen LogP) is 0.107. The fourth-order valence-corrected chi connectivity index (χ4v) is 2.92. The molecule has 0 atom stereocenters. The minimum atomic E-state index is -1.27. The summed E-state index contributed by atoms with van der Waals surface area (Å²) in [5.41, 5.74) is -2.82. The Balaban J connectivity index is 2.07. The zero-order chi connectivity index (χ0) is 20.9. The van der Waals surface area contributed by atoms with Crippen molar-refractivity contribution in [1.29, 1.82) is 0 Å². The zero-order valence-corrected chi connectivity index (χ0v) is 14.3. The first-order valence-electron chi connectivity index (χ1n) is 8.05. The maximum atomic E-state index is 12.9. The van der Waals surface area contributed by atoms with Gasteiger partial charge in [-0.05, 0) is 36.4 Å². The van der Waals surface area contributed by atoms with Crippen LogP contribution in [-0.2, 0) is 0 Å². The molecule has 2 aromatic carbocycles. The minimum absolute atomic E-state index is 0.0937. The molecule has 4 aromatic rings. The molecule has 0 unspecified atom stereocenters. The molecule has 0 saturated carbocycles. The Morgan fingerprint density at radius 2 is 1.48 bits per heavy atom. The van der Waals surface area contributed by atoms with Gasteiger partial charge in [0.25, 0.3) is 11.1 Å². The molecule has 11 nitrogen and oxygen atoms in total. The van der Waals surface area contributed by atoms with Crippen molar-refractivity contribution in [3.05, 3.63) is 85.0 Å². The molecule has 0 spiro atoms. The van der Waals surface area contributed by atoms with Crippen molar-refractivity contribution in [2.24, 2.45) is 0 Å². The van der Waals surface area contributed by atoms with Gasteiger partial charge in [-0.15, -0.1) is 0 Å². The van der Waals surface area contributed by atoms with Gasteiger partial charge in [0.2, 0.25) is 0 Å². The molecule has 0 fully saturated rings. The number of hydrogen-bond acceptors (Lipinski definition) is 6. The van der Waals surface area contributed by atoms with Crippen LogP contribution >= 0.6 is 0 Å². The molecule has 2 heterocycles. The molecule has 0 saturated heterocycles. The Morgan fingerprint density at radius 3 is 2.14 bits per heavy atom. The number of carboxylic acids is 2. The van der Waals surface area contributed by atoms with Crippen LogP contribution in [0, 0.1) is 0 Å². The lowest BCUT2D eigenvalue weighted by Gasteiger charge is -2.10. The van der Waals surface area contributed by atoms with Crippen LogP contribution in [0.1, 0.15) is 20.7 Å². The lowest BCUT2D eigenvalue weighted by molar-refractivity contribution is 0.0686. The Kier molecular flexibility index (Phi) is 3.86. The quantitative estimate of drug-likeness (QED) is 0.440. The van der Waals surface area contributed by atoms with E-state index in [1.807, 2.05) is 0 Å². The number of fused-ring (bicyclic) bond motifs is 2. The van der Waals surface area contributed by atoms with Crippen LogP contribution < -0.4 is 16.8 Å². The fourth-order valence-electron chi connectivity index (χ4n) is 2.92. The number of aromatic amines is 1. The summed E-state index contributed by atoms with van der Waals surface area (Å²) in [6, 6.07) is 7.26. The van der Waals surface area contributed by atoms with E-state index in [-0.39, 0.29) is 32.9 Å². The van der Waals surface area contributed by atoms with E-state index in [1.54, 1.807) is 0 Å². The molecule has 3 N–H and O–H groups in total. The number of nitrogens with one attached hydrogen (secondary N) is 1. The largest absolute Gasteiger partial charge is 0.478 e. The van der Waals surface area contributed by atoms with Gasteiger partial charge < -0.3 is 15.2 Å². The summed E-state index contributed by atoms with van der Waals surface area (Å²) in [6.45, 7) is 0. The fraction of sp³-hybridized carbons (Fsp3) is 0. The highest BCUT2D eigenvalue weighted by atomic mass is 16.4. The van der Waals surface area contributed by atoms with Gasteiger partial charge in [0.15, 0.2) is 0 Å². The summed E-state index contributed by atoms with van der Waals surface area (Å²) in [7, 11) is 0. The second-order valence-electron chi connectivity index (χ2n) is 6.04. The Labute approximate surface area is 158 Å². The van der Waals surface area contributed by atoms with Crippen LogP contribution in [-0.4, -0.2) is 41.5 Å². The highest BCUT2D eigenvalue weighted by Gasteiger charge is 2.15. The molecule has 0 bridgehead atoms. The van der Waals surface area contributed by atoms with Crippen LogP contribution in [0.25, 0.3) is 21.8 Å². The average molecular weight is 394 g/mol. The van der Waals surface area contributed by atoms with E-state index in [4.69, 9.17) is 10.2 Å². The van der Waals surface area contributed by atoms with Gasteiger partial charge in [0, 0.05) is 0 Å². The first kappa shape index (κ1) is 17.9. The van der Waals surface area contributed by atoms with Crippen molar-refractivity contribution >= 4 is 33.7 Å². The summed E-state index contributed by atoms with van der Waals surface area (Å²) in [5, 5.41) is 18.0. The van der Waals surface area contributed by atoms with Crippen molar-refractivity contribution in [2.75, 3.05) is 0 Å². The topological polar surface area (TPSA) is 164 Å². The number of aromatic nitrogens is 4. The van der Waals surface area contributed by atoms with E-state index in [9.17, 15) is 24.0 Å². The Hall–Kier alpha value is -4.54. The normalized spacial score (nSPS) is 11.0. The van der Waals surface area contributed by atoms with Crippen molar-refractivity contribution in [1.82, 2.24) is 19.3 Å². The van der Waals surface area contributed by atoms with Gasteiger partial charge in [0.1, 0.15) is 6.33 Å². The van der Waals surface area contributed by atoms with Crippen LogP contribution in [0.5, 0.6) is 0 Å². The van der Waals surface area contributed by atoms with Crippen LogP contribution in [0.2, 0.25) is 0 Å². The van der Waals surface area contributed by atoms with Gasteiger partial charge >= 0.3 is 17.6 Å². The standard InChI is InChI=1S/C18H10N4O7/c23-14-10-5-8(16(25)26)1-3-12(10)19-7-21(14)22-15(24)11-6-9(17(27)28)2-4-13(11)20-18(22)29/h1-7H,(H,20,29)(H,25,26)(H,27,28). The lowest BCUT2D eigenvalue weighted by atomic mass is 10.1. The zero-order valence-electron chi connectivity index (χ0n) is 14.3. The summed E-state index contributed by atoms with van der Waals surface area (Å²) < 4.78 is 1.11. The van der Waals surface area contributed by atoms with Gasteiger partial charge in [-0.25, -0.2) is 19.4 Å². The molecule has 0 aliphatic heterocycles. The third kappa shape index (κ3) is 2.77. The molecular formula is C18H10N4O7. The van der Waals surface area contributed by atoms with Gasteiger partial charge in [0.05, 0.1) is 32.9 Å². The van der Waals surface area contributed by atoms with Gasteiger partial charge in [-0.1, -0.05) is 0 Å². The number of hydrogen-bond donors (Lipinski definition) is 3. The summed E-state index contributed by atoms with van der Waals surface area (Å²) >= 11 is 0. The SMILES string of the molecule is O=C(O)c1ccc2ncn(-n3c(=O)[nH]c4ccc(C(=O)O)cc4c3=O)c(=O)c2c1. The second kappa shape index (κ2) is 6.27. The molecule has 0 amide bonds. The molecule has 29 heavy (non-hydrogen) atoms. The molecule has 11 heteroatoms. The Morgan fingerprint density at radius 1 is 0.862 bits per heavy atom. The smallest absolute Gasteiger partial charge is 0.348 e. The van der Waals surface area contributed by atoms with E-state index in [2.05, 4.69) is 9.97 Å². The van der Waals surface area contributed by atoms with E-state index in [0.717, 1.165) is 18.5 Å². The predicted molar refractivity (Wildman–Crippen MR) is 99.5 cm³/mol. The number of nitrogens with zero attached hydrogens (tertiary/aromatic N) is 3. The van der Waals surface area contributed by atoms with Crippen molar-refractivity contribution in [2.45, 2.75) is 0 Å². The average Bonchev–Trinajstić information content (AvgIpc) is 2.69. The van der Waals surface area contributed by atoms with Crippen LogP contribution in [0.4, 0.5) is 0 Å². The maximum Gasteiger partial charge on any atom is 0.348 e. The molecule has 0 aliphatic carbocycles. The number of carbonyl (C=O) groups is 2. The number of rotatable bonds is 3. The first-order chi connectivity index (χ1) is 13.8. The van der Waals surface area contributed by atoms with Crippen molar-refractivity contribution < 1.29 is 19.8 Å². The number of H-pyrrole nitrogens is 1. The van der Waals surface area contributed by atoms with Crippen molar-refractivity contribution in [3.8, 4) is 0 Å². The molecule has 144 valence electrons. The molecular weight excluding hydrogens is 384 g/mol. The van der Waals surface area contributed by atoms with Gasteiger partial charge in [-0.2, -0.15) is 9.35 Å². The molecule has 2 aromatic heterocycles. The van der Waals surface area contributed by atoms with E-state index >= 15 is 0 Å². The van der Waals surface area contributed by atoms with Crippen molar-refractivity contribution in [3.63, 3.8) is 0 Å². The monoisotopic (exact) mass is 394 g/mol. The summed E-state index contributed by atoms with van der Waals surface area (Å²) in [4.78, 5) is 66.9. The molecule has 4 rings (SSSR count). The molecule has 0 aliphatic rings. The third-order valence-corrected chi connectivity index (χ3v) is 4.33. The number of benzene rings is 2. The maximum absolute atomic E-state index is 12.9. The van der Waals surface area contributed by atoms with Gasteiger partial charge in [-0.3, -0.25) is 9.59 Å². The number of carboxylic acid groups (broad SMARTS) is 2. The number of aromatic carboxylic acids is 2. The van der Waals surface area contributed by atoms with E-state index in [1.165, 1.54) is 24.3 Å². The minimum Gasteiger partial charge on any atom is -0.478 e. The first-order valence-corrected chi connectivity index (χ1v) is 8.05. The highest BCUT2D eigenvalue weighted by Crippen LogP contribution is 2.11. The summed E-state index contributed by atoms with van der Waals surface area (Å²) in [6.07, 6.45) is 0.953. The van der Waals surface area contributed by atoms with Crippen LogP contribution in [0.3, 0.4) is 0 Å². The lowest BCUT2D eigenvalue weighted by Crippen LogP contribution is -2.44. The highest BCUT2D eigenvalue weighted by molar-refractivity contribution is 5.93. The van der Waals surface area contributed by atoms with Crippen LogP contribution in [0.15, 0.2) is 57.1 Å². The van der Waals surface area contributed by atoms with E-state index in [0.29, 0.717) is 9.35 Å². The second-order valence-corrected chi connectivity index (χ2v) is 6.04. The Bertz CT molecular complexity index is 1530. The third-order valence-electron chi connectivity index (χ3n) is 4.33. The van der Waals surface area contributed by atoms with E-state index < -0.39 is 28.7 Å². The summed E-state index contributed by atoms with van der Waals surface area (Å²) in [5.74, 6) is -2.53. The molecule has 0 radical (unpaired) electrons.